The molecule has 0 bridgehead atoms. The number of unbranched alkanes of at least 4 members (excludes halogenated alkanes) is 1. The summed E-state index contributed by atoms with van der Waals surface area (Å²) in [5.74, 6) is 1.35. The van der Waals surface area contributed by atoms with Gasteiger partial charge >= 0.3 is 0 Å². The van der Waals surface area contributed by atoms with Crippen LogP contribution in [0.25, 0.3) is 0 Å². The molecule has 0 aromatic carbocycles. The Kier molecular flexibility index (Phi) is 5.78. The molecule has 0 aliphatic heterocycles. The van der Waals surface area contributed by atoms with Gasteiger partial charge in [0.25, 0.3) is 0 Å². The number of hydrogen-bond acceptors (Lipinski definition) is 5. The molecule has 1 N–H and O–H groups in total. The summed E-state index contributed by atoms with van der Waals surface area (Å²) in [4.78, 5) is 15.3. The summed E-state index contributed by atoms with van der Waals surface area (Å²) in [5, 5.41) is 7.75. The number of carbonyl (C=O) groups is 1. The number of H-pyrrole nitrogens is 1. The second kappa shape index (κ2) is 6.90. The van der Waals surface area contributed by atoms with Gasteiger partial charge in [0.15, 0.2) is 5.12 Å². The molecule has 0 unspecified atom stereocenters. The highest BCUT2D eigenvalue weighted by molar-refractivity contribution is 8.15. The first-order valence-electron chi connectivity index (χ1n) is 4.87. The molecule has 0 radical (unpaired) electrons. The average Bonchev–Trinajstić information content (AvgIpc) is 2.71. The minimum absolute atomic E-state index is 0.153. The second-order valence-electron chi connectivity index (χ2n) is 3.03. The van der Waals surface area contributed by atoms with E-state index in [0.29, 0.717) is 10.9 Å². The van der Waals surface area contributed by atoms with Gasteiger partial charge in [0.05, 0.1) is 5.75 Å². The Morgan fingerprint density at radius 3 is 3.00 bits per heavy atom. The van der Waals surface area contributed by atoms with Crippen LogP contribution in [0.5, 0.6) is 0 Å². The van der Waals surface area contributed by atoms with Crippen LogP contribution < -0.4 is 0 Å². The predicted octanol–water partition coefficient (Wildman–Crippen LogP) is 2.13. The SMILES string of the molecule is CCCCc1nc(SCC(=O)SC)n[nH]1. The van der Waals surface area contributed by atoms with E-state index in [1.165, 1.54) is 23.5 Å². The van der Waals surface area contributed by atoms with Crippen molar-refractivity contribution in [2.75, 3.05) is 12.0 Å². The van der Waals surface area contributed by atoms with Crippen LogP contribution in [0.1, 0.15) is 25.6 Å². The molecule has 0 spiro atoms. The summed E-state index contributed by atoms with van der Waals surface area (Å²) in [6, 6.07) is 0. The van der Waals surface area contributed by atoms with E-state index in [2.05, 4.69) is 22.1 Å². The number of aromatic amines is 1. The van der Waals surface area contributed by atoms with E-state index in [4.69, 9.17) is 0 Å². The zero-order valence-corrected chi connectivity index (χ0v) is 10.6. The van der Waals surface area contributed by atoms with Crippen LogP contribution in [-0.2, 0) is 11.2 Å². The van der Waals surface area contributed by atoms with Crippen molar-refractivity contribution >= 4 is 28.6 Å². The average molecular weight is 245 g/mol. The Hall–Kier alpha value is -0.490. The molecule has 84 valence electrons. The maximum Gasteiger partial charge on any atom is 0.208 e. The van der Waals surface area contributed by atoms with Crippen molar-refractivity contribution in [1.29, 1.82) is 0 Å². The van der Waals surface area contributed by atoms with Crippen LogP contribution in [0, 0.1) is 0 Å². The number of aromatic nitrogens is 3. The number of nitrogens with zero attached hydrogens (tertiary/aromatic N) is 2. The van der Waals surface area contributed by atoms with Crippen LogP contribution in [0.4, 0.5) is 0 Å². The number of nitrogens with one attached hydrogen (secondary N) is 1. The molecule has 0 aliphatic rings. The molecule has 1 aromatic heterocycles. The predicted molar refractivity (Wildman–Crippen MR) is 64.2 cm³/mol. The molecule has 0 saturated heterocycles. The van der Waals surface area contributed by atoms with E-state index in [1.807, 2.05) is 0 Å². The zero-order chi connectivity index (χ0) is 11.1. The highest BCUT2D eigenvalue weighted by Gasteiger charge is 2.06. The van der Waals surface area contributed by atoms with Crippen molar-refractivity contribution in [3.63, 3.8) is 0 Å². The molecule has 4 nitrogen and oxygen atoms in total. The largest absolute Gasteiger partial charge is 0.286 e. The molecular weight excluding hydrogens is 230 g/mol. The van der Waals surface area contributed by atoms with Gasteiger partial charge in [-0.05, 0) is 12.7 Å². The lowest BCUT2D eigenvalue weighted by molar-refractivity contribution is -0.108. The van der Waals surface area contributed by atoms with Crippen LogP contribution in [-0.4, -0.2) is 32.3 Å². The summed E-state index contributed by atoms with van der Waals surface area (Å²) in [7, 11) is 0. The van der Waals surface area contributed by atoms with Gasteiger partial charge in [0.1, 0.15) is 5.82 Å². The van der Waals surface area contributed by atoms with Crippen molar-refractivity contribution in [3.05, 3.63) is 5.82 Å². The lowest BCUT2D eigenvalue weighted by Gasteiger charge is -1.92. The second-order valence-corrected chi connectivity index (χ2v) is 4.84. The third-order valence-corrected chi connectivity index (χ3v) is 3.45. The Labute approximate surface area is 98.0 Å². The van der Waals surface area contributed by atoms with E-state index < -0.39 is 0 Å². The van der Waals surface area contributed by atoms with Crippen molar-refractivity contribution in [2.45, 2.75) is 31.3 Å². The van der Waals surface area contributed by atoms with E-state index in [0.717, 1.165) is 25.1 Å². The minimum Gasteiger partial charge on any atom is -0.286 e. The van der Waals surface area contributed by atoms with Crippen LogP contribution in [0.3, 0.4) is 0 Å². The number of hydrogen-bond donors (Lipinski definition) is 1. The van der Waals surface area contributed by atoms with Crippen molar-refractivity contribution in [3.8, 4) is 0 Å². The lowest BCUT2D eigenvalue weighted by Crippen LogP contribution is -1.94. The van der Waals surface area contributed by atoms with E-state index in [9.17, 15) is 4.79 Å². The number of aryl methyl sites for hydroxylation is 1. The molecule has 1 heterocycles. The topological polar surface area (TPSA) is 58.6 Å². The molecule has 1 rings (SSSR count). The Balaban J connectivity index is 2.35. The van der Waals surface area contributed by atoms with Crippen LogP contribution >= 0.6 is 23.5 Å². The Morgan fingerprint density at radius 2 is 2.33 bits per heavy atom. The normalized spacial score (nSPS) is 10.5. The van der Waals surface area contributed by atoms with Crippen LogP contribution in [0.2, 0.25) is 0 Å². The molecular formula is C9H15N3OS2. The van der Waals surface area contributed by atoms with Gasteiger partial charge < -0.3 is 0 Å². The van der Waals surface area contributed by atoms with Gasteiger partial charge in [0.2, 0.25) is 5.16 Å². The van der Waals surface area contributed by atoms with Crippen molar-refractivity contribution in [1.82, 2.24) is 15.2 Å². The van der Waals surface area contributed by atoms with Crippen molar-refractivity contribution in [2.24, 2.45) is 0 Å². The number of rotatable bonds is 6. The summed E-state index contributed by atoms with van der Waals surface area (Å²) < 4.78 is 0. The van der Waals surface area contributed by atoms with Gasteiger partial charge in [0, 0.05) is 6.42 Å². The fraction of sp³-hybridized carbons (Fsp3) is 0.667. The monoisotopic (exact) mass is 245 g/mol. The van der Waals surface area contributed by atoms with Gasteiger partial charge in [-0.15, -0.1) is 5.10 Å². The molecule has 0 saturated carbocycles. The summed E-state index contributed by atoms with van der Waals surface area (Å²) >= 11 is 2.62. The van der Waals surface area contributed by atoms with E-state index >= 15 is 0 Å². The lowest BCUT2D eigenvalue weighted by atomic mass is 10.2. The maximum absolute atomic E-state index is 11.0. The fourth-order valence-corrected chi connectivity index (χ4v) is 2.16. The first-order chi connectivity index (χ1) is 7.26. The molecule has 6 heteroatoms. The molecule has 15 heavy (non-hydrogen) atoms. The first kappa shape index (κ1) is 12.6. The van der Waals surface area contributed by atoms with E-state index in [-0.39, 0.29) is 5.12 Å². The van der Waals surface area contributed by atoms with Crippen molar-refractivity contribution < 1.29 is 4.79 Å². The maximum atomic E-state index is 11.0. The smallest absolute Gasteiger partial charge is 0.208 e. The van der Waals surface area contributed by atoms with Gasteiger partial charge in [-0.2, -0.15) is 0 Å². The van der Waals surface area contributed by atoms with Crippen LogP contribution in [0.15, 0.2) is 5.16 Å². The fourth-order valence-electron chi connectivity index (χ4n) is 0.981. The molecule has 1 aromatic rings. The standard InChI is InChI=1S/C9H15N3OS2/c1-3-4-5-7-10-9(12-11-7)15-6-8(13)14-2/h3-6H2,1-2H3,(H,10,11,12). The third-order valence-electron chi connectivity index (χ3n) is 1.83. The van der Waals surface area contributed by atoms with E-state index in [1.54, 1.807) is 6.26 Å². The van der Waals surface area contributed by atoms with Gasteiger partial charge in [-0.1, -0.05) is 36.9 Å². The summed E-state index contributed by atoms with van der Waals surface area (Å²) in [6.07, 6.45) is 4.98. The minimum atomic E-state index is 0.153. The Morgan fingerprint density at radius 1 is 1.53 bits per heavy atom. The van der Waals surface area contributed by atoms with Gasteiger partial charge in [-0.3, -0.25) is 9.89 Å². The summed E-state index contributed by atoms with van der Waals surface area (Å²) in [5.41, 5.74) is 0. The highest BCUT2D eigenvalue weighted by Crippen LogP contribution is 2.15. The zero-order valence-electron chi connectivity index (χ0n) is 8.95. The molecule has 0 amide bonds. The van der Waals surface area contributed by atoms with Gasteiger partial charge in [-0.25, -0.2) is 4.98 Å². The molecule has 0 atom stereocenters. The first-order valence-corrected chi connectivity index (χ1v) is 7.08. The molecule has 0 fully saturated rings. The number of thioether (sulfide) groups is 2. The highest BCUT2D eigenvalue weighted by atomic mass is 32.2. The molecule has 0 aliphatic carbocycles. The Bertz CT molecular complexity index is 314. The number of carbonyl (C=O) groups excluding carboxylic acids is 1. The third kappa shape index (κ3) is 4.70. The quantitative estimate of drug-likeness (QED) is 0.778. The summed E-state index contributed by atoms with van der Waals surface area (Å²) in [6.45, 7) is 2.14.